The summed E-state index contributed by atoms with van der Waals surface area (Å²) in [7, 11) is 3.44. The molecule has 0 aliphatic carbocycles. The molecule has 0 saturated heterocycles. The first-order valence-electron chi connectivity index (χ1n) is 6.56. The number of carboxylic acid groups (broad SMARTS) is 1. The predicted molar refractivity (Wildman–Crippen MR) is 81.6 cm³/mol. The highest BCUT2D eigenvalue weighted by molar-refractivity contribution is 5.95. The van der Waals surface area contributed by atoms with Crippen molar-refractivity contribution in [2.45, 2.75) is 6.92 Å². The third-order valence-corrected chi connectivity index (χ3v) is 3.32. The number of rotatable bonds is 3. The summed E-state index contributed by atoms with van der Waals surface area (Å²) < 4.78 is 0. The van der Waals surface area contributed by atoms with E-state index in [4.69, 9.17) is 5.11 Å². The fourth-order valence-corrected chi connectivity index (χ4v) is 2.17. The Labute approximate surface area is 123 Å². The summed E-state index contributed by atoms with van der Waals surface area (Å²) in [5.74, 6) is -0.976. The van der Waals surface area contributed by atoms with E-state index in [1.54, 1.807) is 44.4 Å². The minimum absolute atomic E-state index is 0.0362. The molecule has 0 unspecified atom stereocenters. The Morgan fingerprint density at radius 3 is 2.00 bits per heavy atom. The van der Waals surface area contributed by atoms with Crippen molar-refractivity contribution in [3.63, 3.8) is 0 Å². The first-order valence-corrected chi connectivity index (χ1v) is 6.56. The second kappa shape index (κ2) is 5.79. The molecule has 108 valence electrons. The lowest BCUT2D eigenvalue weighted by Gasteiger charge is -2.13. The average molecular weight is 283 g/mol. The highest BCUT2D eigenvalue weighted by Crippen LogP contribution is 2.25. The van der Waals surface area contributed by atoms with E-state index in [1.165, 1.54) is 4.90 Å². The monoisotopic (exact) mass is 283 g/mol. The minimum atomic E-state index is -0.940. The molecule has 0 radical (unpaired) electrons. The molecule has 2 aromatic rings. The molecule has 0 spiro atoms. The Bertz CT molecular complexity index is 688. The molecule has 2 aromatic carbocycles. The smallest absolute Gasteiger partial charge is 0.335 e. The molecule has 0 saturated carbocycles. The van der Waals surface area contributed by atoms with Crippen LogP contribution in [0.4, 0.5) is 0 Å². The number of carbonyl (C=O) groups is 2. The van der Waals surface area contributed by atoms with Gasteiger partial charge in [0.1, 0.15) is 0 Å². The largest absolute Gasteiger partial charge is 0.478 e. The van der Waals surface area contributed by atoms with Crippen molar-refractivity contribution < 1.29 is 14.7 Å². The molecule has 2 rings (SSSR count). The van der Waals surface area contributed by atoms with Gasteiger partial charge in [0.25, 0.3) is 5.91 Å². The van der Waals surface area contributed by atoms with Crippen LogP contribution in [0.5, 0.6) is 0 Å². The van der Waals surface area contributed by atoms with Gasteiger partial charge < -0.3 is 10.0 Å². The number of aryl methyl sites for hydroxylation is 1. The van der Waals surface area contributed by atoms with E-state index in [-0.39, 0.29) is 11.5 Å². The fourth-order valence-electron chi connectivity index (χ4n) is 2.17. The number of aromatic carboxylic acids is 1. The van der Waals surface area contributed by atoms with Crippen molar-refractivity contribution in [2.24, 2.45) is 0 Å². The Hall–Kier alpha value is -2.62. The molecule has 0 bridgehead atoms. The number of benzene rings is 2. The Kier molecular flexibility index (Phi) is 4.08. The number of carbonyl (C=O) groups excluding carboxylic acids is 1. The third kappa shape index (κ3) is 3.11. The van der Waals surface area contributed by atoms with E-state index >= 15 is 0 Å². The predicted octanol–water partition coefficient (Wildman–Crippen LogP) is 3.06. The lowest BCUT2D eigenvalue weighted by molar-refractivity contribution is 0.0696. The molecule has 0 heterocycles. The summed E-state index contributed by atoms with van der Waals surface area (Å²) >= 11 is 0. The maximum absolute atomic E-state index is 11.9. The van der Waals surface area contributed by atoms with Crippen molar-refractivity contribution in [3.05, 3.63) is 59.2 Å². The zero-order valence-electron chi connectivity index (χ0n) is 12.3. The van der Waals surface area contributed by atoms with Gasteiger partial charge in [0.05, 0.1) is 5.56 Å². The van der Waals surface area contributed by atoms with Crippen molar-refractivity contribution in [3.8, 4) is 11.1 Å². The zero-order valence-corrected chi connectivity index (χ0v) is 12.3. The van der Waals surface area contributed by atoms with Crippen molar-refractivity contribution in [1.82, 2.24) is 4.90 Å². The van der Waals surface area contributed by atoms with Crippen LogP contribution in [0.3, 0.4) is 0 Å². The van der Waals surface area contributed by atoms with Gasteiger partial charge in [0.15, 0.2) is 0 Å². The van der Waals surface area contributed by atoms with Gasteiger partial charge in [-0.3, -0.25) is 4.79 Å². The first kappa shape index (κ1) is 14.8. The van der Waals surface area contributed by atoms with Gasteiger partial charge in [-0.1, -0.05) is 18.2 Å². The summed E-state index contributed by atoms with van der Waals surface area (Å²) in [5.41, 5.74) is 3.80. The normalized spacial score (nSPS) is 10.2. The van der Waals surface area contributed by atoms with E-state index in [1.807, 2.05) is 19.1 Å². The molecule has 4 nitrogen and oxygen atoms in total. The quantitative estimate of drug-likeness (QED) is 0.941. The van der Waals surface area contributed by atoms with Crippen molar-refractivity contribution in [2.75, 3.05) is 14.1 Å². The SMILES string of the molecule is Cc1cc(C(=O)N(C)C)ccc1-c1ccc(C(=O)O)cc1. The van der Waals surface area contributed by atoms with Crippen LogP contribution in [0.2, 0.25) is 0 Å². The molecule has 0 aromatic heterocycles. The summed E-state index contributed by atoms with van der Waals surface area (Å²) in [6, 6.07) is 12.2. The van der Waals surface area contributed by atoms with Crippen LogP contribution in [0, 0.1) is 6.92 Å². The number of hydrogen-bond donors (Lipinski definition) is 1. The summed E-state index contributed by atoms with van der Waals surface area (Å²) in [6.45, 7) is 1.94. The highest BCUT2D eigenvalue weighted by atomic mass is 16.4. The van der Waals surface area contributed by atoms with Crippen LogP contribution in [0.15, 0.2) is 42.5 Å². The molecular formula is C17H17NO3. The molecule has 0 fully saturated rings. The number of hydrogen-bond acceptors (Lipinski definition) is 2. The first-order chi connectivity index (χ1) is 9.90. The molecule has 1 N–H and O–H groups in total. The zero-order chi connectivity index (χ0) is 15.6. The number of carboxylic acids is 1. The summed E-state index contributed by atoms with van der Waals surface area (Å²) in [6.07, 6.45) is 0. The van der Waals surface area contributed by atoms with E-state index in [9.17, 15) is 9.59 Å². The summed E-state index contributed by atoms with van der Waals surface area (Å²) in [4.78, 5) is 24.3. The number of nitrogens with zero attached hydrogens (tertiary/aromatic N) is 1. The molecular weight excluding hydrogens is 266 g/mol. The molecule has 0 atom stereocenters. The van der Waals surface area contributed by atoms with Gasteiger partial charge in [-0.15, -0.1) is 0 Å². The fraction of sp³-hybridized carbons (Fsp3) is 0.176. The van der Waals surface area contributed by atoms with Crippen molar-refractivity contribution >= 4 is 11.9 Å². The topological polar surface area (TPSA) is 57.6 Å². The maximum atomic E-state index is 11.9. The van der Waals surface area contributed by atoms with Crippen LogP contribution < -0.4 is 0 Å². The van der Waals surface area contributed by atoms with Crippen LogP contribution in [-0.4, -0.2) is 36.0 Å². The lowest BCUT2D eigenvalue weighted by atomic mass is 9.97. The Balaban J connectivity index is 2.37. The van der Waals surface area contributed by atoms with Gasteiger partial charge in [0.2, 0.25) is 0 Å². The van der Waals surface area contributed by atoms with Gasteiger partial charge in [-0.25, -0.2) is 4.79 Å². The Morgan fingerprint density at radius 1 is 0.952 bits per heavy atom. The lowest BCUT2D eigenvalue weighted by Crippen LogP contribution is -2.21. The van der Waals surface area contributed by atoms with Gasteiger partial charge in [0, 0.05) is 19.7 Å². The molecule has 21 heavy (non-hydrogen) atoms. The number of amides is 1. The van der Waals surface area contributed by atoms with Gasteiger partial charge in [-0.05, 0) is 47.9 Å². The van der Waals surface area contributed by atoms with Crippen LogP contribution in [-0.2, 0) is 0 Å². The molecule has 4 heteroatoms. The third-order valence-electron chi connectivity index (χ3n) is 3.32. The second-order valence-corrected chi connectivity index (χ2v) is 5.11. The van der Waals surface area contributed by atoms with E-state index in [0.29, 0.717) is 5.56 Å². The van der Waals surface area contributed by atoms with Crippen LogP contribution in [0.1, 0.15) is 26.3 Å². The second-order valence-electron chi connectivity index (χ2n) is 5.11. The maximum Gasteiger partial charge on any atom is 0.335 e. The molecule has 0 aliphatic rings. The highest BCUT2D eigenvalue weighted by Gasteiger charge is 2.11. The van der Waals surface area contributed by atoms with Crippen molar-refractivity contribution in [1.29, 1.82) is 0 Å². The van der Waals surface area contributed by atoms with E-state index < -0.39 is 5.97 Å². The van der Waals surface area contributed by atoms with E-state index in [2.05, 4.69) is 0 Å². The minimum Gasteiger partial charge on any atom is -0.478 e. The van der Waals surface area contributed by atoms with Gasteiger partial charge >= 0.3 is 5.97 Å². The van der Waals surface area contributed by atoms with E-state index in [0.717, 1.165) is 16.7 Å². The molecule has 0 aliphatic heterocycles. The summed E-state index contributed by atoms with van der Waals surface area (Å²) in [5, 5.41) is 8.91. The average Bonchev–Trinajstić information content (AvgIpc) is 2.46. The van der Waals surface area contributed by atoms with Crippen LogP contribution >= 0.6 is 0 Å². The molecule has 1 amide bonds. The Morgan fingerprint density at radius 2 is 1.52 bits per heavy atom. The van der Waals surface area contributed by atoms with Gasteiger partial charge in [-0.2, -0.15) is 0 Å². The van der Waals surface area contributed by atoms with Crippen LogP contribution in [0.25, 0.3) is 11.1 Å². The standard InChI is InChI=1S/C17H17NO3/c1-11-10-14(16(19)18(2)3)8-9-15(11)12-4-6-13(7-5-12)17(20)21/h4-10H,1-3H3,(H,20,21).